The van der Waals surface area contributed by atoms with Gasteiger partial charge in [-0.05, 0) is 25.8 Å². The maximum Gasteiger partial charge on any atom is -0.0307 e. The number of hydrogen-bond donors (Lipinski definition) is 0. The minimum atomic E-state index is 1.14. The Bertz CT molecular complexity index is 223. The highest BCUT2D eigenvalue weighted by molar-refractivity contribution is 5.21. The SMILES string of the molecule is C=CC.CCc1cccc(C)c1. The van der Waals surface area contributed by atoms with Crippen molar-refractivity contribution in [2.75, 3.05) is 0 Å². The lowest BCUT2D eigenvalue weighted by molar-refractivity contribution is 1.13. The van der Waals surface area contributed by atoms with Gasteiger partial charge in [-0.15, -0.1) is 6.58 Å². The molecule has 0 aliphatic heterocycles. The van der Waals surface area contributed by atoms with E-state index in [4.69, 9.17) is 0 Å². The molecule has 1 rings (SSSR count). The fraction of sp³-hybridized carbons (Fsp3) is 0.333. The van der Waals surface area contributed by atoms with Gasteiger partial charge in [-0.2, -0.15) is 0 Å². The Kier molecular flexibility index (Phi) is 6.08. The molecule has 0 nitrogen and oxygen atoms in total. The standard InChI is InChI=1S/C9H12.C3H6/c1-3-9-6-4-5-8(2)7-9;1-3-2/h4-7H,3H2,1-2H3;3H,1H2,2H3. The number of allylic oxidation sites excluding steroid dienone is 1. The highest BCUT2D eigenvalue weighted by Gasteiger charge is 1.85. The van der Waals surface area contributed by atoms with E-state index in [1.165, 1.54) is 11.1 Å². The Balaban J connectivity index is 0.000000354. The summed E-state index contributed by atoms with van der Waals surface area (Å²) >= 11 is 0. The van der Waals surface area contributed by atoms with Crippen molar-refractivity contribution in [1.82, 2.24) is 0 Å². The molecule has 0 radical (unpaired) electrons. The highest BCUT2D eigenvalue weighted by atomic mass is 13.9. The van der Waals surface area contributed by atoms with Crippen LogP contribution in [0.25, 0.3) is 0 Å². The van der Waals surface area contributed by atoms with Crippen molar-refractivity contribution in [1.29, 1.82) is 0 Å². The number of rotatable bonds is 1. The first kappa shape index (κ1) is 11.0. The molecule has 0 spiro atoms. The molecule has 0 amide bonds. The van der Waals surface area contributed by atoms with Crippen LogP contribution >= 0.6 is 0 Å². The van der Waals surface area contributed by atoms with E-state index in [2.05, 4.69) is 44.7 Å². The van der Waals surface area contributed by atoms with Crippen LogP contribution in [0.4, 0.5) is 0 Å². The minimum absolute atomic E-state index is 1.14. The molecule has 0 aliphatic rings. The van der Waals surface area contributed by atoms with Crippen molar-refractivity contribution in [3.63, 3.8) is 0 Å². The van der Waals surface area contributed by atoms with Gasteiger partial charge in [0, 0.05) is 0 Å². The normalized spacial score (nSPS) is 8.25. The Morgan fingerprint density at radius 2 is 2.00 bits per heavy atom. The average molecular weight is 162 g/mol. The second-order valence-corrected chi connectivity index (χ2v) is 2.75. The van der Waals surface area contributed by atoms with Crippen LogP contribution in [0.15, 0.2) is 36.9 Å². The largest absolute Gasteiger partial charge is 0.103 e. The summed E-state index contributed by atoms with van der Waals surface area (Å²) in [5, 5.41) is 0. The van der Waals surface area contributed by atoms with Crippen LogP contribution in [0.5, 0.6) is 0 Å². The molecule has 0 bridgehead atoms. The van der Waals surface area contributed by atoms with E-state index in [1.807, 2.05) is 6.92 Å². The van der Waals surface area contributed by atoms with Gasteiger partial charge in [-0.3, -0.25) is 0 Å². The maximum absolute atomic E-state index is 3.36. The molecule has 66 valence electrons. The topological polar surface area (TPSA) is 0 Å². The highest BCUT2D eigenvalue weighted by Crippen LogP contribution is 2.03. The minimum Gasteiger partial charge on any atom is -0.103 e. The van der Waals surface area contributed by atoms with Crippen molar-refractivity contribution in [3.8, 4) is 0 Å². The van der Waals surface area contributed by atoms with Gasteiger partial charge in [0.1, 0.15) is 0 Å². The Morgan fingerprint density at radius 1 is 1.42 bits per heavy atom. The molecular weight excluding hydrogens is 144 g/mol. The maximum atomic E-state index is 3.36. The van der Waals surface area contributed by atoms with Gasteiger partial charge in [0.05, 0.1) is 0 Å². The summed E-state index contributed by atoms with van der Waals surface area (Å²) in [6, 6.07) is 8.61. The second-order valence-electron chi connectivity index (χ2n) is 2.75. The van der Waals surface area contributed by atoms with Gasteiger partial charge < -0.3 is 0 Å². The van der Waals surface area contributed by atoms with Crippen LogP contribution < -0.4 is 0 Å². The molecule has 0 atom stereocenters. The number of hydrogen-bond acceptors (Lipinski definition) is 0. The van der Waals surface area contributed by atoms with E-state index < -0.39 is 0 Å². The molecule has 0 aromatic heterocycles. The summed E-state index contributed by atoms with van der Waals surface area (Å²) in [5.74, 6) is 0. The predicted octanol–water partition coefficient (Wildman–Crippen LogP) is 3.75. The fourth-order valence-electron chi connectivity index (χ4n) is 0.932. The third-order valence-corrected chi connectivity index (χ3v) is 1.49. The van der Waals surface area contributed by atoms with Crippen molar-refractivity contribution < 1.29 is 0 Å². The second kappa shape index (κ2) is 6.66. The van der Waals surface area contributed by atoms with Gasteiger partial charge in [-0.25, -0.2) is 0 Å². The zero-order chi connectivity index (χ0) is 9.40. The molecule has 0 fully saturated rings. The quantitative estimate of drug-likeness (QED) is 0.552. The first-order valence-corrected chi connectivity index (χ1v) is 4.37. The Labute approximate surface area is 75.9 Å². The van der Waals surface area contributed by atoms with E-state index in [-0.39, 0.29) is 0 Å². The molecule has 0 aliphatic carbocycles. The van der Waals surface area contributed by atoms with Gasteiger partial charge in [0.15, 0.2) is 0 Å². The van der Waals surface area contributed by atoms with E-state index in [0.717, 1.165) is 6.42 Å². The lowest BCUT2D eigenvalue weighted by Crippen LogP contribution is -1.78. The zero-order valence-electron chi connectivity index (χ0n) is 8.30. The van der Waals surface area contributed by atoms with Crippen molar-refractivity contribution in [2.24, 2.45) is 0 Å². The summed E-state index contributed by atoms with van der Waals surface area (Å²) in [5.41, 5.74) is 2.78. The van der Waals surface area contributed by atoms with Crippen LogP contribution in [0, 0.1) is 6.92 Å². The summed E-state index contributed by atoms with van der Waals surface area (Å²) in [4.78, 5) is 0. The smallest absolute Gasteiger partial charge is 0.0307 e. The third kappa shape index (κ3) is 4.73. The van der Waals surface area contributed by atoms with E-state index >= 15 is 0 Å². The van der Waals surface area contributed by atoms with Gasteiger partial charge in [0.25, 0.3) is 0 Å². The molecule has 0 heterocycles. The first-order valence-electron chi connectivity index (χ1n) is 4.37. The third-order valence-electron chi connectivity index (χ3n) is 1.49. The average Bonchev–Trinajstić information content (AvgIpc) is 2.06. The van der Waals surface area contributed by atoms with Gasteiger partial charge >= 0.3 is 0 Å². The Hall–Kier alpha value is -1.04. The van der Waals surface area contributed by atoms with Crippen LogP contribution in [0.1, 0.15) is 25.0 Å². The lowest BCUT2D eigenvalue weighted by Gasteiger charge is -1.95. The predicted molar refractivity (Wildman–Crippen MR) is 56.4 cm³/mol. The lowest BCUT2D eigenvalue weighted by atomic mass is 10.1. The molecule has 0 N–H and O–H groups in total. The van der Waals surface area contributed by atoms with Crippen LogP contribution in [0.2, 0.25) is 0 Å². The number of benzene rings is 1. The molecular formula is C12H18. The van der Waals surface area contributed by atoms with E-state index in [0.29, 0.717) is 0 Å². The monoisotopic (exact) mass is 162 g/mol. The molecule has 1 aromatic carbocycles. The molecule has 1 aromatic rings. The van der Waals surface area contributed by atoms with Crippen molar-refractivity contribution in [3.05, 3.63) is 48.0 Å². The first-order chi connectivity index (χ1) is 5.74. The van der Waals surface area contributed by atoms with Crippen LogP contribution in [0.3, 0.4) is 0 Å². The summed E-state index contributed by atoms with van der Waals surface area (Å²) in [6.45, 7) is 9.55. The van der Waals surface area contributed by atoms with Gasteiger partial charge in [-0.1, -0.05) is 42.8 Å². The van der Waals surface area contributed by atoms with E-state index in [1.54, 1.807) is 6.08 Å². The van der Waals surface area contributed by atoms with Crippen molar-refractivity contribution in [2.45, 2.75) is 27.2 Å². The zero-order valence-corrected chi connectivity index (χ0v) is 8.30. The van der Waals surface area contributed by atoms with E-state index in [9.17, 15) is 0 Å². The number of aryl methyl sites for hydroxylation is 2. The van der Waals surface area contributed by atoms with Crippen molar-refractivity contribution >= 4 is 0 Å². The molecule has 0 heteroatoms. The molecule has 0 unspecified atom stereocenters. The Morgan fingerprint density at radius 3 is 2.33 bits per heavy atom. The molecule has 0 saturated carbocycles. The summed E-state index contributed by atoms with van der Waals surface area (Å²) < 4.78 is 0. The summed E-state index contributed by atoms with van der Waals surface area (Å²) in [7, 11) is 0. The van der Waals surface area contributed by atoms with Gasteiger partial charge in [0.2, 0.25) is 0 Å². The molecule has 0 saturated heterocycles. The van der Waals surface area contributed by atoms with Crippen LogP contribution in [-0.2, 0) is 6.42 Å². The summed E-state index contributed by atoms with van der Waals surface area (Å²) in [6.07, 6.45) is 2.89. The van der Waals surface area contributed by atoms with Crippen LogP contribution in [-0.4, -0.2) is 0 Å². The fourth-order valence-corrected chi connectivity index (χ4v) is 0.932. The molecule has 12 heavy (non-hydrogen) atoms.